The number of allylic oxidation sites excluding steroid dienone is 2. The lowest BCUT2D eigenvalue weighted by Gasteiger charge is -2.11. The van der Waals surface area contributed by atoms with Crippen molar-refractivity contribution in [3.05, 3.63) is 22.3 Å². The van der Waals surface area contributed by atoms with Crippen molar-refractivity contribution in [1.29, 1.82) is 0 Å². The van der Waals surface area contributed by atoms with Gasteiger partial charge in [-0.3, -0.25) is 0 Å². The van der Waals surface area contributed by atoms with Gasteiger partial charge in [-0.2, -0.15) is 0 Å². The molecule has 2 rings (SSSR count). The van der Waals surface area contributed by atoms with E-state index in [1.54, 1.807) is 11.1 Å². The topological polar surface area (TPSA) is 52.0 Å². The fourth-order valence-electron chi connectivity index (χ4n) is 2.21. The Hall–Kier alpha value is -0.600. The van der Waals surface area contributed by atoms with Crippen molar-refractivity contribution in [2.75, 3.05) is 13.1 Å². The van der Waals surface area contributed by atoms with Crippen LogP contribution >= 0.6 is 0 Å². The Morgan fingerprint density at radius 3 is 1.73 bits per heavy atom. The first-order valence-corrected chi connectivity index (χ1v) is 4.19. The summed E-state index contributed by atoms with van der Waals surface area (Å²) >= 11 is 0. The first-order chi connectivity index (χ1) is 5.36. The molecule has 0 aromatic heterocycles. The van der Waals surface area contributed by atoms with Crippen LogP contribution in [0.15, 0.2) is 22.3 Å². The van der Waals surface area contributed by atoms with Gasteiger partial charge in [-0.1, -0.05) is 11.1 Å². The van der Waals surface area contributed by atoms with Gasteiger partial charge >= 0.3 is 0 Å². The van der Waals surface area contributed by atoms with Gasteiger partial charge in [0.25, 0.3) is 0 Å². The van der Waals surface area contributed by atoms with Gasteiger partial charge in [0.2, 0.25) is 0 Å². The van der Waals surface area contributed by atoms with E-state index in [-0.39, 0.29) is 0 Å². The van der Waals surface area contributed by atoms with Crippen molar-refractivity contribution in [2.45, 2.75) is 19.3 Å². The Balaban J connectivity index is 2.37. The monoisotopic (exact) mass is 150 g/mol. The predicted molar refractivity (Wildman–Crippen MR) is 46.0 cm³/mol. The molecule has 1 saturated carbocycles. The van der Waals surface area contributed by atoms with Gasteiger partial charge in [0.1, 0.15) is 0 Å². The zero-order chi connectivity index (χ0) is 7.84. The maximum Gasteiger partial charge on any atom is 0.0181 e. The molecule has 2 nitrogen and oxygen atoms in total. The summed E-state index contributed by atoms with van der Waals surface area (Å²) in [4.78, 5) is 0. The van der Waals surface area contributed by atoms with E-state index in [2.05, 4.69) is 0 Å². The first-order valence-electron chi connectivity index (χ1n) is 4.19. The van der Waals surface area contributed by atoms with E-state index in [9.17, 15) is 0 Å². The van der Waals surface area contributed by atoms with Gasteiger partial charge in [0.05, 0.1) is 0 Å². The summed E-state index contributed by atoms with van der Waals surface area (Å²) in [6.45, 7) is 1.37. The molecule has 0 radical (unpaired) electrons. The van der Waals surface area contributed by atoms with E-state index < -0.39 is 0 Å². The fraction of sp³-hybridized carbons (Fsp3) is 0.556. The minimum absolute atomic E-state index is 0.686. The lowest BCUT2D eigenvalue weighted by molar-refractivity contribution is 0.941. The third-order valence-corrected chi connectivity index (χ3v) is 2.78. The van der Waals surface area contributed by atoms with Crippen LogP contribution in [0.4, 0.5) is 0 Å². The number of nitrogens with two attached hydrogens (primary N) is 2. The first kappa shape index (κ1) is 7.07. The highest BCUT2D eigenvalue weighted by molar-refractivity contribution is 5.52. The van der Waals surface area contributed by atoms with Gasteiger partial charge in [0, 0.05) is 13.1 Å². The highest BCUT2D eigenvalue weighted by Gasteiger charge is 2.27. The molecule has 11 heavy (non-hydrogen) atoms. The second kappa shape index (κ2) is 2.47. The molecular weight excluding hydrogens is 136 g/mol. The average molecular weight is 150 g/mol. The Labute approximate surface area is 66.9 Å². The van der Waals surface area contributed by atoms with E-state index >= 15 is 0 Å². The van der Waals surface area contributed by atoms with Crippen molar-refractivity contribution in [3.8, 4) is 0 Å². The molecule has 0 spiro atoms. The number of rotatable bonds is 2. The van der Waals surface area contributed by atoms with Crippen molar-refractivity contribution in [1.82, 2.24) is 0 Å². The highest BCUT2D eigenvalue weighted by atomic mass is 14.6. The van der Waals surface area contributed by atoms with Crippen LogP contribution in [-0.4, -0.2) is 13.1 Å². The maximum atomic E-state index is 5.64. The fourth-order valence-corrected chi connectivity index (χ4v) is 2.21. The summed E-state index contributed by atoms with van der Waals surface area (Å²) < 4.78 is 0. The number of hydrogen-bond acceptors (Lipinski definition) is 2. The summed E-state index contributed by atoms with van der Waals surface area (Å²) in [6, 6.07) is 0. The van der Waals surface area contributed by atoms with Gasteiger partial charge < -0.3 is 11.5 Å². The van der Waals surface area contributed by atoms with Crippen molar-refractivity contribution >= 4 is 0 Å². The van der Waals surface area contributed by atoms with Gasteiger partial charge in [-0.05, 0) is 30.4 Å². The Kier molecular flexibility index (Phi) is 1.59. The standard InChI is InChI=1S/C9H14N2/c10-4-8-6-1-2-7(3-6)9(8)5-11/h1-5,10-11H2. The van der Waals surface area contributed by atoms with Crippen molar-refractivity contribution in [3.63, 3.8) is 0 Å². The van der Waals surface area contributed by atoms with Crippen molar-refractivity contribution in [2.24, 2.45) is 11.5 Å². The lowest BCUT2D eigenvalue weighted by atomic mass is 9.98. The zero-order valence-corrected chi connectivity index (χ0v) is 6.69. The molecule has 0 aliphatic heterocycles. The molecule has 0 amide bonds. The van der Waals surface area contributed by atoms with Crippen LogP contribution in [0.25, 0.3) is 0 Å². The molecule has 0 saturated heterocycles. The molecule has 0 heterocycles. The Bertz CT molecular complexity index is 222. The molecule has 0 unspecified atom stereocenters. The lowest BCUT2D eigenvalue weighted by Crippen LogP contribution is -2.14. The molecule has 60 valence electrons. The van der Waals surface area contributed by atoms with Crippen LogP contribution in [0.3, 0.4) is 0 Å². The normalized spacial score (nSPS) is 22.4. The van der Waals surface area contributed by atoms with E-state index in [0.29, 0.717) is 13.1 Å². The summed E-state index contributed by atoms with van der Waals surface area (Å²) in [7, 11) is 0. The van der Waals surface area contributed by atoms with Crippen LogP contribution < -0.4 is 11.5 Å². The maximum absolute atomic E-state index is 5.64. The highest BCUT2D eigenvalue weighted by Crippen LogP contribution is 2.42. The smallest absolute Gasteiger partial charge is 0.0181 e. The molecule has 1 fully saturated rings. The molecule has 2 aliphatic carbocycles. The largest absolute Gasteiger partial charge is 0.326 e. The molecule has 0 aromatic rings. The summed E-state index contributed by atoms with van der Waals surface area (Å²) in [5.74, 6) is 0. The number of hydrogen-bond donors (Lipinski definition) is 2. The van der Waals surface area contributed by atoms with Crippen LogP contribution in [-0.2, 0) is 0 Å². The van der Waals surface area contributed by atoms with Gasteiger partial charge in [-0.15, -0.1) is 0 Å². The summed E-state index contributed by atoms with van der Waals surface area (Å²) in [5, 5.41) is 0. The van der Waals surface area contributed by atoms with E-state index in [0.717, 1.165) is 0 Å². The van der Waals surface area contributed by atoms with E-state index in [4.69, 9.17) is 11.5 Å². The third kappa shape index (κ3) is 0.865. The molecule has 2 aliphatic rings. The van der Waals surface area contributed by atoms with Gasteiger partial charge in [-0.25, -0.2) is 0 Å². The average Bonchev–Trinajstić information content (AvgIpc) is 2.60. The van der Waals surface area contributed by atoms with Crippen LogP contribution in [0, 0.1) is 0 Å². The second-order valence-electron chi connectivity index (χ2n) is 3.25. The summed E-state index contributed by atoms with van der Waals surface area (Å²) in [6.07, 6.45) is 3.66. The zero-order valence-electron chi connectivity index (χ0n) is 6.69. The van der Waals surface area contributed by atoms with Crippen LogP contribution in [0.1, 0.15) is 19.3 Å². The molecular formula is C9H14N2. The minimum Gasteiger partial charge on any atom is -0.326 e. The van der Waals surface area contributed by atoms with Crippen LogP contribution in [0.2, 0.25) is 0 Å². The SMILES string of the molecule is NCC1=C2CCC(=C1CN)C2. The second-order valence-corrected chi connectivity index (χ2v) is 3.25. The molecule has 4 N–H and O–H groups in total. The van der Waals surface area contributed by atoms with E-state index in [1.807, 2.05) is 0 Å². The van der Waals surface area contributed by atoms with Gasteiger partial charge in [0.15, 0.2) is 0 Å². The summed E-state index contributed by atoms with van der Waals surface area (Å²) in [5.41, 5.74) is 17.1. The van der Waals surface area contributed by atoms with E-state index in [1.165, 1.54) is 30.4 Å². The van der Waals surface area contributed by atoms with Crippen LogP contribution in [0.5, 0.6) is 0 Å². The quantitative estimate of drug-likeness (QED) is 0.608. The molecule has 2 bridgehead atoms. The Morgan fingerprint density at radius 2 is 1.36 bits per heavy atom. The third-order valence-electron chi connectivity index (χ3n) is 2.78. The number of fused-ring (bicyclic) bond motifs is 2. The molecule has 0 aromatic carbocycles. The molecule has 0 atom stereocenters. The Morgan fingerprint density at radius 1 is 0.909 bits per heavy atom. The molecule has 2 heteroatoms. The minimum atomic E-state index is 0.686. The predicted octanol–water partition coefficient (Wildman–Crippen LogP) is 0.695. The van der Waals surface area contributed by atoms with Crippen molar-refractivity contribution < 1.29 is 0 Å².